The first-order valence-corrected chi connectivity index (χ1v) is 9.37. The van der Waals surface area contributed by atoms with Crippen LogP contribution < -0.4 is 0 Å². The minimum absolute atomic E-state index is 0.537. The molecule has 2 aliphatic carbocycles. The zero-order valence-electron chi connectivity index (χ0n) is 12.0. The summed E-state index contributed by atoms with van der Waals surface area (Å²) in [6, 6.07) is 0. The summed E-state index contributed by atoms with van der Waals surface area (Å²) >= 11 is 8.72. The van der Waals surface area contributed by atoms with Crippen LogP contribution in [0.4, 0.5) is 0 Å². The molecule has 110 valence electrons. The van der Waals surface area contributed by atoms with Gasteiger partial charge >= 0.3 is 0 Å². The zero-order chi connectivity index (χ0) is 14.1. The van der Waals surface area contributed by atoms with E-state index in [2.05, 4.69) is 34.5 Å². The van der Waals surface area contributed by atoms with Crippen molar-refractivity contribution >= 4 is 34.2 Å². The van der Waals surface area contributed by atoms with E-state index < -0.39 is 0 Å². The number of aromatic nitrogens is 2. The lowest BCUT2D eigenvalue weighted by molar-refractivity contribution is 0.515. The second-order valence-corrected chi connectivity index (χ2v) is 7.77. The van der Waals surface area contributed by atoms with E-state index in [-0.39, 0.29) is 0 Å². The Hall–Kier alpha value is 0.1000. The largest absolute Gasteiger partial charge is 0.236 e. The maximum Gasteiger partial charge on any atom is 0.146 e. The highest BCUT2D eigenvalue weighted by Crippen LogP contribution is 2.41. The van der Waals surface area contributed by atoms with Gasteiger partial charge in [0.1, 0.15) is 11.0 Å². The Balaban J connectivity index is 1.88. The van der Waals surface area contributed by atoms with Crippen molar-refractivity contribution in [3.63, 3.8) is 0 Å². The van der Waals surface area contributed by atoms with Gasteiger partial charge in [0.25, 0.3) is 0 Å². The van der Waals surface area contributed by atoms with Crippen LogP contribution >= 0.6 is 34.2 Å². The van der Waals surface area contributed by atoms with E-state index in [0.29, 0.717) is 17.0 Å². The molecule has 0 radical (unpaired) electrons. The Morgan fingerprint density at radius 1 is 1.10 bits per heavy atom. The van der Waals surface area contributed by atoms with E-state index in [1.165, 1.54) is 57.1 Å². The zero-order valence-corrected chi connectivity index (χ0v) is 15.0. The summed E-state index contributed by atoms with van der Waals surface area (Å²) < 4.78 is 1.09. The number of hydrogen-bond acceptors (Lipinski definition) is 2. The molecule has 20 heavy (non-hydrogen) atoms. The lowest BCUT2D eigenvalue weighted by Crippen LogP contribution is -2.09. The van der Waals surface area contributed by atoms with E-state index in [1.54, 1.807) is 0 Å². The summed E-state index contributed by atoms with van der Waals surface area (Å²) in [6.45, 7) is 2.29. The molecule has 2 nitrogen and oxygen atoms in total. The SMILES string of the molecule is CCC1CCC(c2nc(Cl)c(I)c(C3CCCC3)n2)C1. The van der Waals surface area contributed by atoms with Gasteiger partial charge in [0.05, 0.1) is 9.26 Å². The lowest BCUT2D eigenvalue weighted by Gasteiger charge is -2.16. The Kier molecular flexibility index (Phi) is 4.86. The third kappa shape index (κ3) is 2.99. The summed E-state index contributed by atoms with van der Waals surface area (Å²) in [5, 5.41) is 0.678. The number of halogens is 2. The van der Waals surface area contributed by atoms with E-state index >= 15 is 0 Å². The average molecular weight is 405 g/mol. The highest BCUT2D eigenvalue weighted by molar-refractivity contribution is 14.1. The Morgan fingerprint density at radius 3 is 2.50 bits per heavy atom. The van der Waals surface area contributed by atoms with E-state index in [1.807, 2.05) is 0 Å². The van der Waals surface area contributed by atoms with Crippen molar-refractivity contribution in [2.24, 2.45) is 5.92 Å². The fourth-order valence-corrected chi connectivity index (χ4v) is 4.65. The van der Waals surface area contributed by atoms with Gasteiger partial charge in [-0.3, -0.25) is 0 Å². The van der Waals surface area contributed by atoms with Gasteiger partial charge < -0.3 is 0 Å². The molecule has 0 amide bonds. The molecule has 0 N–H and O–H groups in total. The smallest absolute Gasteiger partial charge is 0.146 e. The Bertz CT molecular complexity index is 486. The second kappa shape index (κ2) is 6.47. The normalized spacial score (nSPS) is 27.4. The van der Waals surface area contributed by atoms with Gasteiger partial charge in [-0.15, -0.1) is 0 Å². The molecule has 1 aromatic heterocycles. The minimum atomic E-state index is 0.537. The van der Waals surface area contributed by atoms with E-state index in [4.69, 9.17) is 16.6 Å². The summed E-state index contributed by atoms with van der Waals surface area (Å²) in [4.78, 5) is 9.57. The van der Waals surface area contributed by atoms with Crippen molar-refractivity contribution in [3.8, 4) is 0 Å². The molecule has 0 spiro atoms. The minimum Gasteiger partial charge on any atom is -0.236 e. The van der Waals surface area contributed by atoms with Gasteiger partial charge in [0.2, 0.25) is 0 Å². The standard InChI is InChI=1S/C16H22ClIN2/c1-2-10-7-8-12(9-10)16-19-14(11-5-3-4-6-11)13(18)15(17)20-16/h10-12H,2-9H2,1H3. The molecule has 1 heterocycles. The van der Waals surface area contributed by atoms with Gasteiger partial charge in [0, 0.05) is 11.8 Å². The van der Waals surface area contributed by atoms with Crippen LogP contribution in [0.25, 0.3) is 0 Å². The predicted octanol–water partition coefficient (Wildman–Crippen LogP) is 5.69. The second-order valence-electron chi connectivity index (χ2n) is 6.34. The van der Waals surface area contributed by atoms with Gasteiger partial charge in [-0.1, -0.05) is 37.8 Å². The van der Waals surface area contributed by atoms with Gasteiger partial charge in [0.15, 0.2) is 0 Å². The number of hydrogen-bond donors (Lipinski definition) is 0. The third-order valence-electron chi connectivity index (χ3n) is 5.08. The Morgan fingerprint density at radius 2 is 1.85 bits per heavy atom. The monoisotopic (exact) mass is 404 g/mol. The van der Waals surface area contributed by atoms with Crippen molar-refractivity contribution in [1.29, 1.82) is 0 Å². The maximum atomic E-state index is 6.39. The van der Waals surface area contributed by atoms with Crippen LogP contribution in [0, 0.1) is 9.49 Å². The third-order valence-corrected chi connectivity index (χ3v) is 6.74. The molecule has 2 aliphatic rings. The van der Waals surface area contributed by atoms with Crippen molar-refractivity contribution in [3.05, 3.63) is 20.2 Å². The van der Waals surface area contributed by atoms with Crippen molar-refractivity contribution in [2.45, 2.75) is 70.1 Å². The van der Waals surface area contributed by atoms with Crippen LogP contribution in [-0.4, -0.2) is 9.97 Å². The molecule has 2 atom stereocenters. The number of nitrogens with zero attached hydrogens (tertiary/aromatic N) is 2. The molecular formula is C16H22ClIN2. The molecule has 2 unspecified atom stereocenters. The highest BCUT2D eigenvalue weighted by Gasteiger charge is 2.29. The molecular weight excluding hydrogens is 383 g/mol. The highest BCUT2D eigenvalue weighted by atomic mass is 127. The molecule has 1 aromatic rings. The molecule has 0 saturated heterocycles. The van der Waals surface area contributed by atoms with Gasteiger partial charge in [-0.25, -0.2) is 9.97 Å². The molecule has 0 aliphatic heterocycles. The Labute approximate surface area is 140 Å². The van der Waals surface area contributed by atoms with Crippen molar-refractivity contribution in [2.75, 3.05) is 0 Å². The van der Waals surface area contributed by atoms with Gasteiger partial charge in [-0.05, 0) is 60.6 Å². The summed E-state index contributed by atoms with van der Waals surface area (Å²) in [7, 11) is 0. The fourth-order valence-electron chi connectivity index (χ4n) is 3.79. The first-order valence-electron chi connectivity index (χ1n) is 7.91. The lowest BCUT2D eigenvalue weighted by atomic mass is 10.0. The molecule has 0 bridgehead atoms. The van der Waals surface area contributed by atoms with Crippen LogP contribution in [-0.2, 0) is 0 Å². The summed E-state index contributed by atoms with van der Waals surface area (Å²) in [5.74, 6) is 3.03. The van der Waals surface area contributed by atoms with Crippen LogP contribution in [0.3, 0.4) is 0 Å². The van der Waals surface area contributed by atoms with E-state index in [9.17, 15) is 0 Å². The summed E-state index contributed by atoms with van der Waals surface area (Å²) in [6.07, 6.45) is 10.3. The van der Waals surface area contributed by atoms with Crippen molar-refractivity contribution in [1.82, 2.24) is 9.97 Å². The molecule has 2 fully saturated rings. The topological polar surface area (TPSA) is 25.8 Å². The first kappa shape index (κ1) is 15.0. The molecule has 3 rings (SSSR count). The fraction of sp³-hybridized carbons (Fsp3) is 0.750. The number of rotatable bonds is 3. The van der Waals surface area contributed by atoms with Crippen LogP contribution in [0.5, 0.6) is 0 Å². The van der Waals surface area contributed by atoms with E-state index in [0.717, 1.165) is 15.3 Å². The predicted molar refractivity (Wildman–Crippen MR) is 91.3 cm³/mol. The van der Waals surface area contributed by atoms with Gasteiger partial charge in [-0.2, -0.15) is 0 Å². The quantitative estimate of drug-likeness (QED) is 0.478. The average Bonchev–Trinajstić information content (AvgIpc) is 3.11. The van der Waals surface area contributed by atoms with Crippen LogP contribution in [0.15, 0.2) is 0 Å². The molecule has 2 saturated carbocycles. The molecule has 4 heteroatoms. The summed E-state index contributed by atoms with van der Waals surface area (Å²) in [5.41, 5.74) is 1.23. The first-order chi connectivity index (χ1) is 9.69. The van der Waals surface area contributed by atoms with Crippen LogP contribution in [0.1, 0.15) is 81.6 Å². The van der Waals surface area contributed by atoms with Crippen LogP contribution in [0.2, 0.25) is 5.15 Å². The van der Waals surface area contributed by atoms with Crippen molar-refractivity contribution < 1.29 is 0 Å². The maximum absolute atomic E-state index is 6.39. The molecule has 0 aromatic carbocycles.